The van der Waals surface area contributed by atoms with E-state index in [9.17, 15) is 4.79 Å². The number of carbonyl (C=O) groups is 1. The fraction of sp³-hybridized carbons (Fsp3) is 0.571. The van der Waals surface area contributed by atoms with Gasteiger partial charge in [-0.25, -0.2) is 0 Å². The van der Waals surface area contributed by atoms with Crippen LogP contribution in [0.15, 0.2) is 24.5 Å². The summed E-state index contributed by atoms with van der Waals surface area (Å²) in [6.45, 7) is 4.31. The van der Waals surface area contributed by atoms with Gasteiger partial charge in [0.05, 0.1) is 6.54 Å². The molecule has 1 aromatic heterocycles. The zero-order valence-corrected chi connectivity index (χ0v) is 10.9. The predicted molar refractivity (Wildman–Crippen MR) is 71.1 cm³/mol. The van der Waals surface area contributed by atoms with Gasteiger partial charge in [-0.15, -0.1) is 0 Å². The van der Waals surface area contributed by atoms with Crippen molar-refractivity contribution in [3.8, 4) is 0 Å². The molecule has 0 bridgehead atoms. The van der Waals surface area contributed by atoms with Crippen molar-refractivity contribution in [2.45, 2.75) is 32.2 Å². The van der Waals surface area contributed by atoms with Crippen LogP contribution < -0.4 is 5.32 Å². The summed E-state index contributed by atoms with van der Waals surface area (Å²) in [6.07, 6.45) is 7.13. The molecule has 4 nitrogen and oxygen atoms in total. The molecule has 1 atom stereocenters. The minimum atomic E-state index is 0.160. The first-order chi connectivity index (χ1) is 8.77. The molecule has 0 saturated carbocycles. The molecule has 98 valence electrons. The minimum Gasteiger partial charge on any atom is -0.342 e. The van der Waals surface area contributed by atoms with Gasteiger partial charge in [0, 0.05) is 31.5 Å². The Balaban J connectivity index is 1.78. The fourth-order valence-electron chi connectivity index (χ4n) is 2.25. The first kappa shape index (κ1) is 13.0. The maximum atomic E-state index is 12.0. The Morgan fingerprint density at radius 2 is 2.22 bits per heavy atom. The first-order valence-electron chi connectivity index (χ1n) is 6.68. The molecule has 0 spiro atoms. The highest BCUT2D eigenvalue weighted by Gasteiger charge is 2.16. The van der Waals surface area contributed by atoms with Crippen LogP contribution in [0, 0.1) is 0 Å². The van der Waals surface area contributed by atoms with Crippen LogP contribution in [-0.4, -0.2) is 35.4 Å². The number of hydrogen-bond donors (Lipinski definition) is 1. The van der Waals surface area contributed by atoms with Crippen molar-refractivity contribution in [3.05, 3.63) is 30.1 Å². The number of rotatable bonds is 4. The molecule has 1 aromatic rings. The standard InChI is InChI=1S/C14H21N3O/c1-12(13-6-5-7-15-10-13)16-11-14(18)17-8-3-2-4-9-17/h5-7,10,12,16H,2-4,8-9,11H2,1H3. The molecule has 2 rings (SSSR count). The van der Waals surface area contributed by atoms with Crippen LogP contribution in [0.4, 0.5) is 0 Å². The molecule has 18 heavy (non-hydrogen) atoms. The summed E-state index contributed by atoms with van der Waals surface area (Å²) < 4.78 is 0. The van der Waals surface area contributed by atoms with Gasteiger partial charge in [0.2, 0.25) is 5.91 Å². The van der Waals surface area contributed by atoms with Gasteiger partial charge >= 0.3 is 0 Å². The van der Waals surface area contributed by atoms with Crippen molar-refractivity contribution in [2.75, 3.05) is 19.6 Å². The number of nitrogens with zero attached hydrogens (tertiary/aromatic N) is 2. The smallest absolute Gasteiger partial charge is 0.236 e. The zero-order chi connectivity index (χ0) is 12.8. The number of piperidine rings is 1. The van der Waals surface area contributed by atoms with Crippen LogP contribution in [0.3, 0.4) is 0 Å². The molecular weight excluding hydrogens is 226 g/mol. The second-order valence-corrected chi connectivity index (χ2v) is 4.83. The Morgan fingerprint density at radius 3 is 2.89 bits per heavy atom. The highest BCUT2D eigenvalue weighted by atomic mass is 16.2. The average molecular weight is 247 g/mol. The monoisotopic (exact) mass is 247 g/mol. The van der Waals surface area contributed by atoms with Gasteiger partial charge in [-0.1, -0.05) is 6.07 Å². The Kier molecular flexibility index (Phi) is 4.70. The van der Waals surface area contributed by atoms with Gasteiger partial charge in [0.15, 0.2) is 0 Å². The van der Waals surface area contributed by atoms with Crippen molar-refractivity contribution >= 4 is 5.91 Å². The molecular formula is C14H21N3O. The third-order valence-corrected chi connectivity index (χ3v) is 3.45. The van der Waals surface area contributed by atoms with Crippen molar-refractivity contribution in [3.63, 3.8) is 0 Å². The average Bonchev–Trinajstić information content (AvgIpc) is 2.46. The van der Waals surface area contributed by atoms with Crippen molar-refractivity contribution in [1.82, 2.24) is 15.2 Å². The minimum absolute atomic E-state index is 0.160. The van der Waals surface area contributed by atoms with E-state index in [4.69, 9.17) is 0 Å². The largest absolute Gasteiger partial charge is 0.342 e. The lowest BCUT2D eigenvalue weighted by Gasteiger charge is -2.27. The molecule has 1 N–H and O–H groups in total. The second kappa shape index (κ2) is 6.50. The van der Waals surface area contributed by atoms with Crippen LogP contribution in [-0.2, 0) is 4.79 Å². The topological polar surface area (TPSA) is 45.2 Å². The van der Waals surface area contributed by atoms with Gasteiger partial charge in [-0.2, -0.15) is 0 Å². The molecule has 2 heterocycles. The second-order valence-electron chi connectivity index (χ2n) is 4.83. The van der Waals surface area contributed by atoms with Crippen molar-refractivity contribution in [2.24, 2.45) is 0 Å². The molecule has 1 unspecified atom stereocenters. The third-order valence-electron chi connectivity index (χ3n) is 3.45. The Bertz CT molecular complexity index is 374. The fourth-order valence-corrected chi connectivity index (χ4v) is 2.25. The number of hydrogen-bond acceptors (Lipinski definition) is 3. The van der Waals surface area contributed by atoms with E-state index in [-0.39, 0.29) is 11.9 Å². The number of aromatic nitrogens is 1. The molecule has 1 amide bonds. The number of carbonyl (C=O) groups excluding carboxylic acids is 1. The molecule has 1 aliphatic heterocycles. The Morgan fingerprint density at radius 1 is 1.44 bits per heavy atom. The third kappa shape index (κ3) is 3.53. The normalized spacial score (nSPS) is 17.5. The lowest BCUT2D eigenvalue weighted by atomic mass is 10.1. The van der Waals surface area contributed by atoms with E-state index in [1.807, 2.05) is 23.2 Å². The molecule has 1 aliphatic rings. The van der Waals surface area contributed by atoms with E-state index in [0.29, 0.717) is 6.54 Å². The quantitative estimate of drug-likeness (QED) is 0.881. The maximum absolute atomic E-state index is 12.0. The highest BCUT2D eigenvalue weighted by molar-refractivity contribution is 5.78. The lowest BCUT2D eigenvalue weighted by Crippen LogP contribution is -2.41. The number of likely N-dealkylation sites (tertiary alicyclic amines) is 1. The molecule has 1 fully saturated rings. The van der Waals surface area contributed by atoms with E-state index < -0.39 is 0 Å². The van der Waals surface area contributed by atoms with Gasteiger partial charge in [0.25, 0.3) is 0 Å². The van der Waals surface area contributed by atoms with Crippen molar-refractivity contribution < 1.29 is 4.79 Å². The lowest BCUT2D eigenvalue weighted by molar-refractivity contribution is -0.131. The van der Waals surface area contributed by atoms with Crippen molar-refractivity contribution in [1.29, 1.82) is 0 Å². The summed E-state index contributed by atoms with van der Waals surface area (Å²) in [7, 11) is 0. The van der Waals surface area contributed by atoms with Crippen LogP contribution in [0.5, 0.6) is 0 Å². The van der Waals surface area contributed by atoms with E-state index in [0.717, 1.165) is 31.5 Å². The molecule has 1 saturated heterocycles. The van der Waals surface area contributed by atoms with Crippen LogP contribution >= 0.6 is 0 Å². The van der Waals surface area contributed by atoms with E-state index in [1.165, 1.54) is 6.42 Å². The Hall–Kier alpha value is -1.42. The number of nitrogens with one attached hydrogen (secondary N) is 1. The van der Waals surface area contributed by atoms with E-state index >= 15 is 0 Å². The van der Waals surface area contributed by atoms with Crippen LogP contribution in [0.1, 0.15) is 37.8 Å². The predicted octanol–water partition coefficient (Wildman–Crippen LogP) is 1.74. The zero-order valence-electron chi connectivity index (χ0n) is 10.9. The van der Waals surface area contributed by atoms with Crippen LogP contribution in [0.25, 0.3) is 0 Å². The van der Waals surface area contributed by atoms with Gasteiger partial charge in [0.1, 0.15) is 0 Å². The van der Waals surface area contributed by atoms with Gasteiger partial charge in [-0.3, -0.25) is 9.78 Å². The summed E-state index contributed by atoms with van der Waals surface area (Å²) in [5.74, 6) is 0.213. The van der Waals surface area contributed by atoms with Gasteiger partial charge < -0.3 is 10.2 Å². The highest BCUT2D eigenvalue weighted by Crippen LogP contribution is 2.11. The molecule has 0 aliphatic carbocycles. The summed E-state index contributed by atoms with van der Waals surface area (Å²) in [5.41, 5.74) is 1.11. The maximum Gasteiger partial charge on any atom is 0.236 e. The summed E-state index contributed by atoms with van der Waals surface area (Å²) in [4.78, 5) is 18.0. The molecule has 0 radical (unpaired) electrons. The van der Waals surface area contributed by atoms with E-state index in [1.54, 1.807) is 6.20 Å². The van der Waals surface area contributed by atoms with Crippen LogP contribution in [0.2, 0.25) is 0 Å². The summed E-state index contributed by atoms with van der Waals surface area (Å²) in [5, 5.41) is 3.26. The van der Waals surface area contributed by atoms with E-state index in [2.05, 4.69) is 17.2 Å². The SMILES string of the molecule is CC(NCC(=O)N1CCCCC1)c1cccnc1. The first-order valence-corrected chi connectivity index (χ1v) is 6.68. The summed E-state index contributed by atoms with van der Waals surface area (Å²) in [6, 6.07) is 4.10. The number of pyridine rings is 1. The Labute approximate surface area is 108 Å². The van der Waals surface area contributed by atoms with Gasteiger partial charge in [-0.05, 0) is 37.8 Å². The molecule has 4 heteroatoms. The summed E-state index contributed by atoms with van der Waals surface area (Å²) >= 11 is 0. The molecule has 0 aromatic carbocycles. The number of amides is 1.